The summed E-state index contributed by atoms with van der Waals surface area (Å²) in [6.45, 7) is 2.38. The molecule has 0 aliphatic rings. The van der Waals surface area contributed by atoms with Gasteiger partial charge in [0.1, 0.15) is 5.69 Å². The highest BCUT2D eigenvalue weighted by Crippen LogP contribution is 2.14. The van der Waals surface area contributed by atoms with Crippen LogP contribution < -0.4 is 10.2 Å². The Kier molecular flexibility index (Phi) is 3.23. The van der Waals surface area contributed by atoms with Gasteiger partial charge in [-0.25, -0.2) is 4.68 Å². The third-order valence-electron chi connectivity index (χ3n) is 2.40. The van der Waals surface area contributed by atoms with E-state index in [1.54, 1.807) is 11.7 Å². The maximum atomic E-state index is 11.9. The lowest BCUT2D eigenvalue weighted by molar-refractivity contribution is 0.304. The van der Waals surface area contributed by atoms with Crippen LogP contribution in [0.1, 0.15) is 6.92 Å². The summed E-state index contributed by atoms with van der Waals surface area (Å²) >= 11 is 0. The molecule has 2 aromatic rings. The number of rotatable bonds is 3. The fourth-order valence-corrected chi connectivity index (χ4v) is 1.60. The van der Waals surface area contributed by atoms with E-state index >= 15 is 0 Å². The van der Waals surface area contributed by atoms with E-state index in [9.17, 15) is 4.79 Å². The second-order valence-corrected chi connectivity index (χ2v) is 3.62. The molecule has 0 fully saturated rings. The third-order valence-corrected chi connectivity index (χ3v) is 2.40. The molecule has 4 nitrogen and oxygen atoms in total. The summed E-state index contributed by atoms with van der Waals surface area (Å²) in [4.78, 5) is 11.9. The largest absolute Gasteiger partial charge is 0.478 e. The molecule has 0 aliphatic heterocycles. The van der Waals surface area contributed by atoms with Crippen LogP contribution in [-0.4, -0.2) is 16.4 Å². The fourth-order valence-electron chi connectivity index (χ4n) is 1.60. The van der Waals surface area contributed by atoms with E-state index < -0.39 is 0 Å². The molecule has 4 heteroatoms. The quantitative estimate of drug-likeness (QED) is 0.808. The van der Waals surface area contributed by atoms with E-state index in [0.717, 1.165) is 5.56 Å². The maximum Gasteiger partial charge on any atom is 0.213 e. The van der Waals surface area contributed by atoms with Gasteiger partial charge in [0.25, 0.3) is 0 Å². The van der Waals surface area contributed by atoms with Crippen molar-refractivity contribution in [1.82, 2.24) is 9.78 Å². The fraction of sp³-hybridized carbons (Fsp3) is 0.231. The van der Waals surface area contributed by atoms with Gasteiger partial charge in [-0.3, -0.25) is 4.79 Å². The molecular weight excluding hydrogens is 216 g/mol. The topological polar surface area (TPSA) is 44.1 Å². The highest BCUT2D eigenvalue weighted by atomic mass is 16.5. The minimum Gasteiger partial charge on any atom is -0.478 e. The molecule has 0 N–H and O–H groups in total. The molecule has 88 valence electrons. The molecule has 0 aliphatic carbocycles. The molecule has 0 bridgehead atoms. The van der Waals surface area contributed by atoms with Crippen LogP contribution in [0, 0.1) is 0 Å². The van der Waals surface area contributed by atoms with E-state index in [1.165, 1.54) is 6.07 Å². The number of aryl methyl sites for hydroxylation is 1. The van der Waals surface area contributed by atoms with Crippen LogP contribution in [0.3, 0.4) is 0 Å². The van der Waals surface area contributed by atoms with Crippen molar-refractivity contribution in [3.8, 4) is 17.1 Å². The van der Waals surface area contributed by atoms with Gasteiger partial charge in [0.15, 0.2) is 0 Å². The van der Waals surface area contributed by atoms with Gasteiger partial charge in [0.2, 0.25) is 11.3 Å². The van der Waals surface area contributed by atoms with Gasteiger partial charge in [-0.2, -0.15) is 5.10 Å². The molecule has 0 amide bonds. The van der Waals surface area contributed by atoms with Crippen LogP contribution >= 0.6 is 0 Å². The average molecular weight is 230 g/mol. The molecule has 0 radical (unpaired) electrons. The van der Waals surface area contributed by atoms with Crippen molar-refractivity contribution in [2.24, 2.45) is 7.05 Å². The van der Waals surface area contributed by atoms with Crippen LogP contribution in [0.5, 0.6) is 5.88 Å². The predicted octanol–water partition coefficient (Wildman–Crippen LogP) is 1.85. The SMILES string of the molecule is CCOc1cc(=O)c(-c2ccccc2)nn1C. The van der Waals surface area contributed by atoms with Gasteiger partial charge >= 0.3 is 0 Å². The van der Waals surface area contributed by atoms with Crippen molar-refractivity contribution in [1.29, 1.82) is 0 Å². The van der Waals surface area contributed by atoms with Gasteiger partial charge in [0.05, 0.1) is 6.61 Å². The van der Waals surface area contributed by atoms with Crippen LogP contribution in [0.2, 0.25) is 0 Å². The molecule has 1 aromatic carbocycles. The van der Waals surface area contributed by atoms with Crippen LogP contribution in [-0.2, 0) is 7.05 Å². The first-order chi connectivity index (χ1) is 8.22. The van der Waals surface area contributed by atoms with Crippen LogP contribution in [0.25, 0.3) is 11.3 Å². The Morgan fingerprint density at radius 3 is 2.65 bits per heavy atom. The minimum absolute atomic E-state index is 0.127. The minimum atomic E-state index is -0.127. The smallest absolute Gasteiger partial charge is 0.213 e. The van der Waals surface area contributed by atoms with Crippen molar-refractivity contribution in [2.45, 2.75) is 6.92 Å². The first-order valence-electron chi connectivity index (χ1n) is 5.49. The number of benzene rings is 1. The number of hydrogen-bond donors (Lipinski definition) is 0. The molecule has 0 saturated carbocycles. The van der Waals surface area contributed by atoms with E-state index in [4.69, 9.17) is 4.74 Å². The van der Waals surface area contributed by atoms with E-state index in [1.807, 2.05) is 37.3 Å². The molecule has 0 saturated heterocycles. The van der Waals surface area contributed by atoms with Crippen LogP contribution in [0.4, 0.5) is 0 Å². The highest BCUT2D eigenvalue weighted by molar-refractivity contribution is 5.58. The van der Waals surface area contributed by atoms with Crippen molar-refractivity contribution >= 4 is 0 Å². The van der Waals surface area contributed by atoms with Gasteiger partial charge in [-0.05, 0) is 6.92 Å². The molecule has 0 spiro atoms. The monoisotopic (exact) mass is 230 g/mol. The lowest BCUT2D eigenvalue weighted by Gasteiger charge is -2.09. The Hall–Kier alpha value is -2.10. The van der Waals surface area contributed by atoms with Crippen molar-refractivity contribution in [3.63, 3.8) is 0 Å². The van der Waals surface area contributed by atoms with Gasteiger partial charge in [-0.15, -0.1) is 0 Å². The maximum absolute atomic E-state index is 11.9. The molecule has 1 heterocycles. The lowest BCUT2D eigenvalue weighted by Crippen LogP contribution is -2.15. The average Bonchev–Trinajstić information content (AvgIpc) is 2.35. The molecular formula is C13H14N2O2. The van der Waals surface area contributed by atoms with E-state index in [0.29, 0.717) is 18.2 Å². The second-order valence-electron chi connectivity index (χ2n) is 3.62. The molecule has 0 atom stereocenters. The summed E-state index contributed by atoms with van der Waals surface area (Å²) in [6.07, 6.45) is 0. The summed E-state index contributed by atoms with van der Waals surface area (Å²) in [7, 11) is 1.76. The third kappa shape index (κ3) is 2.36. The van der Waals surface area contributed by atoms with Crippen molar-refractivity contribution < 1.29 is 4.74 Å². The zero-order valence-electron chi connectivity index (χ0n) is 9.88. The number of nitrogens with zero attached hydrogens (tertiary/aromatic N) is 2. The second kappa shape index (κ2) is 4.82. The number of ether oxygens (including phenoxy) is 1. The Morgan fingerprint density at radius 1 is 1.29 bits per heavy atom. The Balaban J connectivity index is 2.51. The normalized spacial score (nSPS) is 10.2. The predicted molar refractivity (Wildman–Crippen MR) is 66.1 cm³/mol. The molecule has 17 heavy (non-hydrogen) atoms. The molecule has 2 rings (SSSR count). The lowest BCUT2D eigenvalue weighted by atomic mass is 10.1. The Labute approximate surface area is 99.5 Å². The number of aromatic nitrogens is 2. The van der Waals surface area contributed by atoms with E-state index in [-0.39, 0.29) is 5.43 Å². The van der Waals surface area contributed by atoms with Gasteiger partial charge in [0, 0.05) is 18.7 Å². The number of hydrogen-bond acceptors (Lipinski definition) is 3. The molecule has 1 aromatic heterocycles. The standard InChI is InChI=1S/C13H14N2O2/c1-3-17-12-9-11(16)13(14-15(12)2)10-7-5-4-6-8-10/h4-9H,3H2,1-2H3. The van der Waals surface area contributed by atoms with Gasteiger partial charge in [-0.1, -0.05) is 30.3 Å². The first-order valence-corrected chi connectivity index (χ1v) is 5.49. The Bertz CT molecular complexity index is 561. The van der Waals surface area contributed by atoms with Crippen molar-refractivity contribution in [2.75, 3.05) is 6.61 Å². The van der Waals surface area contributed by atoms with E-state index in [2.05, 4.69) is 5.10 Å². The molecule has 0 unspecified atom stereocenters. The summed E-state index contributed by atoms with van der Waals surface area (Å²) < 4.78 is 6.89. The van der Waals surface area contributed by atoms with Crippen LogP contribution in [0.15, 0.2) is 41.2 Å². The zero-order valence-corrected chi connectivity index (χ0v) is 9.88. The highest BCUT2D eigenvalue weighted by Gasteiger charge is 2.08. The zero-order chi connectivity index (χ0) is 12.3. The Morgan fingerprint density at radius 2 is 2.00 bits per heavy atom. The van der Waals surface area contributed by atoms with Gasteiger partial charge < -0.3 is 4.74 Å². The van der Waals surface area contributed by atoms with Crippen molar-refractivity contribution in [3.05, 3.63) is 46.6 Å². The summed E-state index contributed by atoms with van der Waals surface area (Å²) in [5.41, 5.74) is 1.13. The summed E-state index contributed by atoms with van der Waals surface area (Å²) in [5.74, 6) is 0.484. The summed E-state index contributed by atoms with van der Waals surface area (Å²) in [6, 6.07) is 10.9. The first kappa shape index (κ1) is 11.4. The summed E-state index contributed by atoms with van der Waals surface area (Å²) in [5, 5.41) is 4.24.